The van der Waals surface area contributed by atoms with Crippen LogP contribution in [0.1, 0.15) is 78.1 Å². The zero-order valence-electron chi connectivity index (χ0n) is 23.6. The summed E-state index contributed by atoms with van der Waals surface area (Å²) in [6.45, 7) is 0.994. The summed E-state index contributed by atoms with van der Waals surface area (Å²) in [6.07, 6.45) is 4.52. The fraction of sp³-hybridized carbons (Fsp3) is 0.333. The number of carbonyl (C=O) groups is 3. The average molecular weight is 570 g/mol. The molecule has 1 aromatic heterocycles. The number of esters is 1. The van der Waals surface area contributed by atoms with Crippen LogP contribution in [0.3, 0.4) is 0 Å². The lowest BCUT2D eigenvalue weighted by Gasteiger charge is -2.44. The summed E-state index contributed by atoms with van der Waals surface area (Å²) in [4.78, 5) is 43.9. The normalized spacial score (nSPS) is 17.8. The van der Waals surface area contributed by atoms with Crippen molar-refractivity contribution in [3.63, 3.8) is 0 Å². The molecule has 1 atom stereocenters. The van der Waals surface area contributed by atoms with E-state index < -0.39 is 24.7 Å². The van der Waals surface area contributed by atoms with Gasteiger partial charge in [-0.05, 0) is 67.3 Å². The molecule has 0 spiro atoms. The van der Waals surface area contributed by atoms with Crippen molar-refractivity contribution in [1.82, 2.24) is 4.90 Å². The average Bonchev–Trinajstić information content (AvgIpc) is 3.51. The highest BCUT2D eigenvalue weighted by Crippen LogP contribution is 2.43. The molecule has 0 radical (unpaired) electrons. The fourth-order valence-corrected chi connectivity index (χ4v) is 5.92. The number of hydrogen-bond donors (Lipinski definition) is 0. The maximum Gasteiger partial charge on any atom is 0.373 e. The predicted octanol–water partition coefficient (Wildman–Crippen LogP) is 7.01. The Morgan fingerprint density at radius 1 is 1.07 bits per heavy atom. The van der Waals surface area contributed by atoms with Crippen molar-refractivity contribution in [2.75, 3.05) is 12.0 Å². The van der Waals surface area contributed by atoms with Gasteiger partial charge in [0.15, 0.2) is 5.78 Å². The number of carbonyl (C=O) groups excluding carboxylic acids is 3. The number of amides is 2. The zero-order valence-corrected chi connectivity index (χ0v) is 23.6. The Bertz CT molecular complexity index is 1560. The molecular weight excluding hydrogens is 537 g/mol. The molecular formula is C33H32FN3O5. The molecule has 1 aliphatic carbocycles. The molecule has 0 saturated heterocycles. The van der Waals surface area contributed by atoms with E-state index in [0.717, 1.165) is 32.1 Å². The van der Waals surface area contributed by atoms with Gasteiger partial charge in [-0.1, -0.05) is 43.5 Å². The number of methoxy groups -OCH3 is 1. The maximum absolute atomic E-state index is 14.4. The van der Waals surface area contributed by atoms with Crippen molar-refractivity contribution in [2.24, 2.45) is 5.92 Å². The van der Waals surface area contributed by atoms with Crippen LogP contribution in [0.5, 0.6) is 0 Å². The first-order valence-corrected chi connectivity index (χ1v) is 14.0. The third-order valence-corrected chi connectivity index (χ3v) is 8.04. The largest absolute Gasteiger partial charge is 0.463 e. The summed E-state index contributed by atoms with van der Waals surface area (Å²) in [5, 5.41) is 9.39. The van der Waals surface area contributed by atoms with Gasteiger partial charge in [-0.3, -0.25) is 9.69 Å². The van der Waals surface area contributed by atoms with Gasteiger partial charge in [0.25, 0.3) is 0 Å². The molecule has 2 heterocycles. The molecule has 2 amide bonds. The first-order valence-electron chi connectivity index (χ1n) is 14.0. The molecule has 8 nitrogen and oxygen atoms in total. The Morgan fingerprint density at radius 3 is 2.48 bits per heavy atom. The first-order chi connectivity index (χ1) is 20.4. The molecule has 42 heavy (non-hydrogen) atoms. The quantitative estimate of drug-likeness (QED) is 0.270. The predicted molar refractivity (Wildman–Crippen MR) is 153 cm³/mol. The summed E-state index contributed by atoms with van der Waals surface area (Å²) in [7, 11) is 1.25. The van der Waals surface area contributed by atoms with E-state index in [1.807, 2.05) is 0 Å². The number of nitriles is 1. The smallest absolute Gasteiger partial charge is 0.373 e. The number of urea groups is 1. The lowest BCUT2D eigenvalue weighted by atomic mass is 9.79. The molecule has 0 N–H and O–H groups in total. The van der Waals surface area contributed by atoms with Crippen LogP contribution in [0, 0.1) is 17.2 Å². The van der Waals surface area contributed by atoms with E-state index in [1.54, 1.807) is 61.5 Å². The third kappa shape index (κ3) is 5.57. The van der Waals surface area contributed by atoms with Crippen LogP contribution in [-0.4, -0.2) is 29.8 Å². The molecule has 0 bridgehead atoms. The van der Waals surface area contributed by atoms with E-state index in [1.165, 1.54) is 23.0 Å². The maximum atomic E-state index is 14.4. The summed E-state index contributed by atoms with van der Waals surface area (Å²) in [6, 6.07) is 17.4. The molecule has 1 aliphatic heterocycles. The van der Waals surface area contributed by atoms with Crippen molar-refractivity contribution < 1.29 is 27.9 Å². The molecule has 1 saturated carbocycles. The zero-order chi connectivity index (χ0) is 29.8. The number of halogens is 1. The number of furan rings is 1. The number of hydrogen-bond acceptors (Lipinski definition) is 6. The Morgan fingerprint density at radius 2 is 1.81 bits per heavy atom. The van der Waals surface area contributed by atoms with Crippen molar-refractivity contribution in [2.45, 2.75) is 58.3 Å². The van der Waals surface area contributed by atoms with E-state index in [-0.39, 0.29) is 24.0 Å². The standard InChI is InChI=1S/C33H32FN3O5/c1-21-29(31(38)25-8-4-3-5-9-25)30(24-13-11-22(19-35)12-14-24)36(20-27-15-16-28(42-27)32(39)41-2)33(40)37(21)26-10-6-7-23(17-26)18-34/h6-7,10-17,25,30H,3-5,8-9,18,20H2,1-2H3. The number of Topliss-reactive ketones (excluding diaryl/α,β-unsaturated/α-hetero) is 1. The molecule has 1 fully saturated rings. The van der Waals surface area contributed by atoms with Gasteiger partial charge in [-0.25, -0.2) is 14.0 Å². The minimum absolute atomic E-state index is 0.00962. The van der Waals surface area contributed by atoms with E-state index in [2.05, 4.69) is 6.07 Å². The minimum Gasteiger partial charge on any atom is -0.463 e. The number of nitrogens with zero attached hydrogens (tertiary/aromatic N) is 3. The second-order valence-corrected chi connectivity index (χ2v) is 10.6. The minimum atomic E-state index is -0.785. The molecule has 3 aromatic rings. The number of anilines is 1. The molecule has 5 rings (SSSR count). The van der Waals surface area contributed by atoms with Crippen LogP contribution < -0.4 is 4.90 Å². The number of ketones is 1. The van der Waals surface area contributed by atoms with Gasteiger partial charge in [0.1, 0.15) is 12.4 Å². The van der Waals surface area contributed by atoms with Gasteiger partial charge >= 0.3 is 12.0 Å². The first kappa shape index (κ1) is 28.8. The summed E-state index contributed by atoms with van der Waals surface area (Å²) >= 11 is 0. The van der Waals surface area contributed by atoms with Gasteiger partial charge in [0.05, 0.1) is 37.0 Å². The topological polar surface area (TPSA) is 104 Å². The van der Waals surface area contributed by atoms with Gasteiger partial charge < -0.3 is 14.1 Å². The van der Waals surface area contributed by atoms with Gasteiger partial charge in [-0.15, -0.1) is 0 Å². The molecule has 2 aromatic carbocycles. The Kier molecular flexibility index (Phi) is 8.53. The number of allylic oxidation sites excluding steroid dienone is 1. The van der Waals surface area contributed by atoms with E-state index in [9.17, 15) is 24.0 Å². The second-order valence-electron chi connectivity index (χ2n) is 10.6. The number of benzene rings is 2. The number of alkyl halides is 1. The van der Waals surface area contributed by atoms with Gasteiger partial charge in [-0.2, -0.15) is 5.26 Å². The van der Waals surface area contributed by atoms with Crippen LogP contribution in [0.4, 0.5) is 14.9 Å². The van der Waals surface area contributed by atoms with E-state index in [4.69, 9.17) is 9.15 Å². The SMILES string of the molecule is COC(=O)c1ccc(CN2C(=O)N(c3cccc(CF)c3)C(C)=C(C(=O)C3CCCCC3)C2c2ccc(C#N)cc2)o1. The van der Waals surface area contributed by atoms with Gasteiger partial charge in [0, 0.05) is 17.2 Å². The van der Waals surface area contributed by atoms with Crippen molar-refractivity contribution >= 4 is 23.5 Å². The Balaban J connectivity index is 1.69. The van der Waals surface area contributed by atoms with Crippen LogP contribution in [0.2, 0.25) is 0 Å². The lowest BCUT2D eigenvalue weighted by Crippen LogP contribution is -2.51. The van der Waals surface area contributed by atoms with E-state index >= 15 is 0 Å². The molecule has 1 unspecified atom stereocenters. The number of rotatable bonds is 8. The Labute approximate surface area is 244 Å². The van der Waals surface area contributed by atoms with Crippen molar-refractivity contribution in [3.05, 3.63) is 100 Å². The van der Waals surface area contributed by atoms with Crippen LogP contribution in [-0.2, 0) is 22.8 Å². The fourth-order valence-electron chi connectivity index (χ4n) is 5.92. The van der Waals surface area contributed by atoms with Crippen molar-refractivity contribution in [3.8, 4) is 6.07 Å². The summed E-state index contributed by atoms with van der Waals surface area (Å²) in [5.74, 6) is -0.550. The summed E-state index contributed by atoms with van der Waals surface area (Å²) < 4.78 is 24.2. The molecule has 216 valence electrons. The lowest BCUT2D eigenvalue weighted by molar-refractivity contribution is -0.120. The Hall–Kier alpha value is -4.71. The van der Waals surface area contributed by atoms with E-state index in [0.29, 0.717) is 39.4 Å². The van der Waals surface area contributed by atoms with Gasteiger partial charge in [0.2, 0.25) is 5.76 Å². The highest BCUT2D eigenvalue weighted by molar-refractivity contribution is 6.06. The van der Waals surface area contributed by atoms with Crippen LogP contribution >= 0.6 is 0 Å². The van der Waals surface area contributed by atoms with Crippen molar-refractivity contribution in [1.29, 1.82) is 5.26 Å². The monoisotopic (exact) mass is 569 g/mol. The highest BCUT2D eigenvalue weighted by Gasteiger charge is 2.44. The number of ether oxygens (including phenoxy) is 1. The molecule has 2 aliphatic rings. The summed E-state index contributed by atoms with van der Waals surface area (Å²) in [5.41, 5.74) is 2.91. The molecule has 9 heteroatoms. The second kappa shape index (κ2) is 12.4. The van der Waals surface area contributed by atoms with Crippen LogP contribution in [0.15, 0.2) is 76.4 Å². The third-order valence-electron chi connectivity index (χ3n) is 8.04. The van der Waals surface area contributed by atoms with Crippen LogP contribution in [0.25, 0.3) is 0 Å². The highest BCUT2D eigenvalue weighted by atomic mass is 19.1.